The Morgan fingerprint density at radius 3 is 2.50 bits per heavy atom. The molecule has 4 nitrogen and oxygen atoms in total. The van der Waals surface area contributed by atoms with Crippen LogP contribution >= 0.6 is 11.6 Å². The van der Waals surface area contributed by atoms with Gasteiger partial charge in [-0.1, -0.05) is 17.7 Å². The summed E-state index contributed by atoms with van der Waals surface area (Å²) in [5.74, 6) is -0.857. The van der Waals surface area contributed by atoms with Crippen molar-refractivity contribution in [3.05, 3.63) is 29.0 Å². The van der Waals surface area contributed by atoms with Gasteiger partial charge in [-0.15, -0.1) is 0 Å². The first kappa shape index (κ1) is 18.1. The van der Waals surface area contributed by atoms with E-state index in [0.29, 0.717) is 25.2 Å². The normalized spacial score (nSPS) is 29.9. The second kappa shape index (κ2) is 6.90. The summed E-state index contributed by atoms with van der Waals surface area (Å²) in [5.41, 5.74) is 0. The number of nitrogens with zero attached hydrogens (tertiary/aromatic N) is 2. The van der Waals surface area contributed by atoms with Crippen LogP contribution in [-0.2, 0) is 10.0 Å². The molecule has 1 aromatic rings. The van der Waals surface area contributed by atoms with Gasteiger partial charge in [0.05, 0.1) is 5.02 Å². The van der Waals surface area contributed by atoms with Gasteiger partial charge in [0.1, 0.15) is 4.90 Å². The zero-order valence-electron chi connectivity index (χ0n) is 14.1. The number of hydrogen-bond donors (Lipinski definition) is 0. The van der Waals surface area contributed by atoms with Crippen LogP contribution in [0.5, 0.6) is 0 Å². The summed E-state index contributed by atoms with van der Waals surface area (Å²) in [5, 5.41) is -0.161. The fourth-order valence-corrected chi connectivity index (χ4v) is 5.97. The molecule has 2 aliphatic rings. The molecule has 0 saturated carbocycles. The van der Waals surface area contributed by atoms with Crippen LogP contribution in [0.1, 0.15) is 39.5 Å². The Labute approximate surface area is 148 Å². The Kier molecular flexibility index (Phi) is 5.21. The molecule has 2 fully saturated rings. The molecule has 134 valence electrons. The van der Waals surface area contributed by atoms with E-state index >= 15 is 0 Å². The highest BCUT2D eigenvalue weighted by atomic mass is 35.5. The third kappa shape index (κ3) is 3.21. The van der Waals surface area contributed by atoms with Gasteiger partial charge in [-0.3, -0.25) is 4.90 Å². The number of hydrogen-bond acceptors (Lipinski definition) is 3. The molecule has 0 aromatic heterocycles. The second-order valence-electron chi connectivity index (χ2n) is 6.93. The molecule has 0 unspecified atom stereocenters. The topological polar surface area (TPSA) is 40.6 Å². The van der Waals surface area contributed by atoms with E-state index in [2.05, 4.69) is 18.7 Å². The molecular formula is C17H24ClFN2O2S. The lowest BCUT2D eigenvalue weighted by atomic mass is 10.0. The van der Waals surface area contributed by atoms with Gasteiger partial charge in [0, 0.05) is 31.2 Å². The molecule has 0 aliphatic carbocycles. The Balaban J connectivity index is 1.85. The fraction of sp³-hybridized carbons (Fsp3) is 0.647. The zero-order valence-corrected chi connectivity index (χ0v) is 15.7. The molecule has 1 aromatic carbocycles. The highest BCUT2D eigenvalue weighted by Gasteiger charge is 2.39. The molecule has 24 heavy (non-hydrogen) atoms. The van der Waals surface area contributed by atoms with Gasteiger partial charge in [0.25, 0.3) is 0 Å². The van der Waals surface area contributed by atoms with Crippen molar-refractivity contribution in [1.29, 1.82) is 0 Å². The number of sulfonamides is 1. The molecule has 0 bridgehead atoms. The zero-order chi connectivity index (χ0) is 17.5. The first-order valence-electron chi connectivity index (χ1n) is 8.54. The maximum Gasteiger partial charge on any atom is 0.246 e. The van der Waals surface area contributed by atoms with Crippen LogP contribution in [0.4, 0.5) is 4.39 Å². The van der Waals surface area contributed by atoms with Gasteiger partial charge in [-0.25, -0.2) is 12.8 Å². The third-order valence-electron chi connectivity index (χ3n) is 5.34. The number of benzene rings is 1. The van der Waals surface area contributed by atoms with Crippen molar-refractivity contribution in [2.45, 2.75) is 62.6 Å². The van der Waals surface area contributed by atoms with E-state index in [1.807, 2.05) is 0 Å². The number of rotatable bonds is 3. The highest BCUT2D eigenvalue weighted by Crippen LogP contribution is 2.32. The van der Waals surface area contributed by atoms with E-state index in [4.69, 9.17) is 11.6 Å². The van der Waals surface area contributed by atoms with Gasteiger partial charge in [-0.05, 0) is 51.7 Å². The number of likely N-dealkylation sites (tertiary alicyclic amines) is 1. The lowest BCUT2D eigenvalue weighted by Crippen LogP contribution is -2.52. The Morgan fingerprint density at radius 1 is 1.17 bits per heavy atom. The van der Waals surface area contributed by atoms with Gasteiger partial charge in [0.2, 0.25) is 10.0 Å². The summed E-state index contributed by atoms with van der Waals surface area (Å²) in [6.45, 7) is 5.26. The largest absolute Gasteiger partial charge is 0.294 e. The molecule has 2 saturated heterocycles. The molecule has 0 N–H and O–H groups in total. The van der Waals surface area contributed by atoms with Crippen LogP contribution in [0.25, 0.3) is 0 Å². The lowest BCUT2D eigenvalue weighted by molar-refractivity contribution is 0.0979. The van der Waals surface area contributed by atoms with Crippen LogP contribution in [0.3, 0.4) is 0 Å². The maximum atomic E-state index is 14.2. The summed E-state index contributed by atoms with van der Waals surface area (Å²) in [6, 6.07) is 5.27. The van der Waals surface area contributed by atoms with Gasteiger partial charge < -0.3 is 0 Å². The van der Waals surface area contributed by atoms with Crippen LogP contribution in [0, 0.1) is 5.82 Å². The van der Waals surface area contributed by atoms with Crippen LogP contribution in [-0.4, -0.2) is 48.8 Å². The van der Waals surface area contributed by atoms with Gasteiger partial charge in [0.15, 0.2) is 5.82 Å². The summed E-state index contributed by atoms with van der Waals surface area (Å²) >= 11 is 5.76. The Morgan fingerprint density at radius 2 is 1.83 bits per heavy atom. The minimum absolute atomic E-state index is 0.161. The van der Waals surface area contributed by atoms with Crippen LogP contribution in [0.15, 0.2) is 23.1 Å². The van der Waals surface area contributed by atoms with Crippen molar-refractivity contribution >= 4 is 21.6 Å². The minimum Gasteiger partial charge on any atom is -0.294 e. The quantitative estimate of drug-likeness (QED) is 0.813. The number of piperidine rings is 1. The van der Waals surface area contributed by atoms with Crippen molar-refractivity contribution in [2.75, 3.05) is 13.1 Å². The van der Waals surface area contributed by atoms with E-state index < -0.39 is 15.8 Å². The lowest BCUT2D eigenvalue weighted by Gasteiger charge is -2.41. The monoisotopic (exact) mass is 374 g/mol. The molecule has 0 amide bonds. The van der Waals surface area contributed by atoms with Crippen LogP contribution in [0.2, 0.25) is 5.02 Å². The predicted molar refractivity (Wildman–Crippen MR) is 93.2 cm³/mol. The predicted octanol–water partition coefficient (Wildman–Crippen LogP) is 3.51. The first-order chi connectivity index (χ1) is 11.3. The summed E-state index contributed by atoms with van der Waals surface area (Å²) in [7, 11) is -3.87. The van der Waals surface area contributed by atoms with E-state index in [1.165, 1.54) is 22.5 Å². The maximum absolute atomic E-state index is 14.2. The molecule has 2 aliphatic heterocycles. The van der Waals surface area contributed by atoms with Crippen molar-refractivity contribution in [1.82, 2.24) is 9.21 Å². The SMILES string of the molecule is C[C@@H]1CC[C@H](C)N1[C@H]1CCCN(S(=O)(=O)c2cccc(Cl)c2F)C1. The summed E-state index contributed by atoms with van der Waals surface area (Å²) in [4.78, 5) is 2.12. The average Bonchev–Trinajstić information content (AvgIpc) is 2.89. The summed E-state index contributed by atoms with van der Waals surface area (Å²) in [6.07, 6.45) is 4.07. The van der Waals surface area contributed by atoms with E-state index in [9.17, 15) is 12.8 Å². The van der Waals surface area contributed by atoms with E-state index in [1.54, 1.807) is 0 Å². The molecule has 0 radical (unpaired) electrons. The van der Waals surface area contributed by atoms with Crippen LogP contribution < -0.4 is 0 Å². The third-order valence-corrected chi connectivity index (χ3v) is 7.51. The molecule has 0 spiro atoms. The average molecular weight is 375 g/mol. The Hall–Kier alpha value is -0.690. The van der Waals surface area contributed by atoms with Gasteiger partial charge in [-0.2, -0.15) is 4.31 Å². The van der Waals surface area contributed by atoms with Crippen molar-refractivity contribution in [3.8, 4) is 0 Å². The van der Waals surface area contributed by atoms with Crippen molar-refractivity contribution in [3.63, 3.8) is 0 Å². The van der Waals surface area contributed by atoms with Gasteiger partial charge >= 0.3 is 0 Å². The second-order valence-corrected chi connectivity index (χ2v) is 9.25. The van der Waals surface area contributed by atoms with E-state index in [0.717, 1.165) is 25.7 Å². The highest BCUT2D eigenvalue weighted by molar-refractivity contribution is 7.89. The molecular weight excluding hydrogens is 351 g/mol. The fourth-order valence-electron chi connectivity index (χ4n) is 4.14. The van der Waals surface area contributed by atoms with E-state index in [-0.39, 0.29) is 16.0 Å². The molecule has 3 atom stereocenters. The Bertz CT molecular complexity index is 703. The summed E-state index contributed by atoms with van der Waals surface area (Å²) < 4.78 is 41.4. The van der Waals surface area contributed by atoms with Crippen molar-refractivity contribution in [2.24, 2.45) is 0 Å². The van der Waals surface area contributed by atoms with Crippen molar-refractivity contribution < 1.29 is 12.8 Å². The smallest absolute Gasteiger partial charge is 0.246 e. The minimum atomic E-state index is -3.87. The molecule has 2 heterocycles. The molecule has 3 rings (SSSR count). The first-order valence-corrected chi connectivity index (χ1v) is 10.4. The standard InChI is InChI=1S/C17H24ClFN2O2S/c1-12-8-9-13(2)21(12)14-5-4-10-20(11-14)24(22,23)16-7-3-6-15(18)17(16)19/h3,6-7,12-14H,4-5,8-11H2,1-2H3/t12-,13+,14-/m0/s1. The molecule has 7 heteroatoms. The number of halogens is 2.